The van der Waals surface area contributed by atoms with E-state index in [4.69, 9.17) is 4.74 Å². The first kappa shape index (κ1) is 19.7. The molecule has 6 atom stereocenters. The number of carboxylic acid groups (broad SMARTS) is 1. The van der Waals surface area contributed by atoms with Crippen molar-refractivity contribution in [3.8, 4) is 0 Å². The Balaban J connectivity index is 1.54. The van der Waals surface area contributed by atoms with Crippen LogP contribution in [0.1, 0.15) is 55.6 Å². The normalized spacial score (nSPS) is 31.5. The van der Waals surface area contributed by atoms with E-state index in [2.05, 4.69) is 12.1 Å². The predicted octanol–water partition coefficient (Wildman–Crippen LogP) is 5.01. The van der Waals surface area contributed by atoms with Crippen LogP contribution < -0.4 is 0 Å². The van der Waals surface area contributed by atoms with Crippen LogP contribution in [-0.2, 0) is 14.3 Å². The molecule has 2 aromatic carbocycles. The predicted molar refractivity (Wildman–Crippen MR) is 110 cm³/mol. The third-order valence-electron chi connectivity index (χ3n) is 6.85. The summed E-state index contributed by atoms with van der Waals surface area (Å²) in [5, 5.41) is 9.69. The minimum Gasteiger partial charge on any atom is -0.481 e. The van der Waals surface area contributed by atoms with Gasteiger partial charge in [-0.15, -0.1) is 0 Å². The Morgan fingerprint density at radius 3 is 2.07 bits per heavy atom. The summed E-state index contributed by atoms with van der Waals surface area (Å²) in [5.74, 6) is -2.37. The lowest BCUT2D eigenvalue weighted by Crippen LogP contribution is -2.52. The Bertz CT molecular complexity index is 848. The molecule has 4 nitrogen and oxygen atoms in total. The number of ether oxygens (including phenoxy) is 1. The molecule has 0 radical (unpaired) electrons. The quantitative estimate of drug-likeness (QED) is 0.727. The second kappa shape index (κ2) is 8.40. The van der Waals surface area contributed by atoms with Crippen molar-refractivity contribution < 1.29 is 19.4 Å². The van der Waals surface area contributed by atoms with Crippen LogP contribution >= 0.6 is 0 Å². The van der Waals surface area contributed by atoms with Gasteiger partial charge in [0.2, 0.25) is 0 Å². The summed E-state index contributed by atoms with van der Waals surface area (Å²) in [4.78, 5) is 25.0. The van der Waals surface area contributed by atoms with Gasteiger partial charge < -0.3 is 9.84 Å². The van der Waals surface area contributed by atoms with Gasteiger partial charge in [0.15, 0.2) is 0 Å². The molecule has 0 bridgehead atoms. The maximum Gasteiger partial charge on any atom is 0.310 e. The smallest absolute Gasteiger partial charge is 0.310 e. The van der Waals surface area contributed by atoms with Crippen molar-refractivity contribution in [2.45, 2.75) is 50.5 Å². The molecule has 2 aromatic rings. The fraction of sp³-hybridized carbons (Fsp3) is 0.440. The van der Waals surface area contributed by atoms with Crippen LogP contribution in [0.2, 0.25) is 0 Å². The zero-order valence-electron chi connectivity index (χ0n) is 16.7. The van der Waals surface area contributed by atoms with Crippen LogP contribution in [0.5, 0.6) is 0 Å². The molecule has 2 aliphatic carbocycles. The lowest BCUT2D eigenvalue weighted by Gasteiger charge is -2.47. The topological polar surface area (TPSA) is 63.6 Å². The molecule has 2 fully saturated rings. The van der Waals surface area contributed by atoms with Gasteiger partial charge in [-0.3, -0.25) is 9.59 Å². The molecule has 1 N–H and O–H groups in total. The summed E-state index contributed by atoms with van der Waals surface area (Å²) < 4.78 is 6.08. The number of aliphatic carboxylic acids is 1. The number of carbonyl (C=O) groups is 2. The summed E-state index contributed by atoms with van der Waals surface area (Å²) in [6, 6.07) is 19.8. The van der Waals surface area contributed by atoms with E-state index >= 15 is 0 Å². The van der Waals surface area contributed by atoms with Gasteiger partial charge in [0.25, 0.3) is 0 Å². The highest BCUT2D eigenvalue weighted by Crippen LogP contribution is 2.53. The molecule has 29 heavy (non-hydrogen) atoms. The molecule has 0 aliphatic heterocycles. The Morgan fingerprint density at radius 1 is 0.862 bits per heavy atom. The molecule has 152 valence electrons. The highest BCUT2D eigenvalue weighted by atomic mass is 16.5. The molecule has 0 heterocycles. The maximum absolute atomic E-state index is 13.2. The first-order valence-corrected chi connectivity index (χ1v) is 10.6. The average molecular weight is 392 g/mol. The van der Waals surface area contributed by atoms with E-state index in [1.54, 1.807) is 0 Å². The summed E-state index contributed by atoms with van der Waals surface area (Å²) in [5.41, 5.74) is 2.12. The standard InChI is InChI=1S/C25H28O4/c1-16-21(24(26)27)23(18-12-6-3-7-13-18)22(16)25(28)29-20-15-9-8-14-19(20)17-10-4-2-5-11-17/h2-7,10-13,16,19-23H,8-9,14-15H2,1H3,(H,26,27)/t16-,19?,20+,21+,22+,23-/m0/s1. The van der Waals surface area contributed by atoms with E-state index in [9.17, 15) is 14.7 Å². The van der Waals surface area contributed by atoms with E-state index < -0.39 is 17.8 Å². The number of benzene rings is 2. The fourth-order valence-corrected chi connectivity index (χ4v) is 5.33. The third-order valence-corrected chi connectivity index (χ3v) is 6.85. The third kappa shape index (κ3) is 3.81. The van der Waals surface area contributed by atoms with E-state index in [0.29, 0.717) is 0 Å². The molecule has 0 amide bonds. The van der Waals surface area contributed by atoms with Gasteiger partial charge >= 0.3 is 11.9 Å². The van der Waals surface area contributed by atoms with Gasteiger partial charge in [-0.25, -0.2) is 0 Å². The van der Waals surface area contributed by atoms with Gasteiger partial charge in [0, 0.05) is 11.8 Å². The lowest BCUT2D eigenvalue weighted by atomic mass is 9.55. The lowest BCUT2D eigenvalue weighted by molar-refractivity contribution is -0.174. The number of carboxylic acids is 1. The van der Waals surface area contributed by atoms with Gasteiger partial charge in [0.05, 0.1) is 11.8 Å². The van der Waals surface area contributed by atoms with E-state index in [-0.39, 0.29) is 29.8 Å². The Hall–Kier alpha value is -2.62. The summed E-state index contributed by atoms with van der Waals surface area (Å²) in [6.07, 6.45) is 3.95. The highest BCUT2D eigenvalue weighted by Gasteiger charge is 2.56. The first-order valence-electron chi connectivity index (χ1n) is 10.6. The van der Waals surface area contributed by atoms with Crippen LogP contribution in [0.25, 0.3) is 0 Å². The molecule has 2 saturated carbocycles. The highest BCUT2D eigenvalue weighted by molar-refractivity contribution is 5.82. The van der Waals surface area contributed by atoms with Crippen LogP contribution in [0.4, 0.5) is 0 Å². The van der Waals surface area contributed by atoms with Gasteiger partial charge in [0.1, 0.15) is 6.10 Å². The fourth-order valence-electron chi connectivity index (χ4n) is 5.33. The number of rotatable bonds is 5. The first-order chi connectivity index (χ1) is 14.1. The summed E-state index contributed by atoms with van der Waals surface area (Å²) in [6.45, 7) is 1.86. The number of carbonyl (C=O) groups excluding carboxylic acids is 1. The zero-order chi connectivity index (χ0) is 20.4. The molecular formula is C25H28O4. The van der Waals surface area contributed by atoms with Crippen molar-refractivity contribution in [2.24, 2.45) is 17.8 Å². The number of hydrogen-bond acceptors (Lipinski definition) is 3. The minimum absolute atomic E-state index is 0.133. The summed E-state index contributed by atoms with van der Waals surface area (Å²) >= 11 is 0. The molecule has 0 spiro atoms. The van der Waals surface area contributed by atoms with Crippen molar-refractivity contribution in [1.82, 2.24) is 0 Å². The largest absolute Gasteiger partial charge is 0.481 e. The van der Waals surface area contributed by atoms with Crippen molar-refractivity contribution in [1.29, 1.82) is 0 Å². The number of esters is 1. The average Bonchev–Trinajstić information content (AvgIpc) is 2.73. The van der Waals surface area contributed by atoms with Crippen LogP contribution in [0, 0.1) is 17.8 Å². The molecule has 0 aromatic heterocycles. The minimum atomic E-state index is -0.838. The second-order valence-electron chi connectivity index (χ2n) is 8.46. The molecule has 0 saturated heterocycles. The van der Waals surface area contributed by atoms with Crippen LogP contribution in [-0.4, -0.2) is 23.1 Å². The van der Waals surface area contributed by atoms with Crippen LogP contribution in [0.15, 0.2) is 60.7 Å². The Labute approximate surface area is 171 Å². The zero-order valence-corrected chi connectivity index (χ0v) is 16.7. The van der Waals surface area contributed by atoms with Crippen molar-refractivity contribution >= 4 is 11.9 Å². The SMILES string of the molecule is C[C@H]1[C@@H](C(=O)O)[C@H](c2ccccc2)[C@@H]1C(=O)O[C@@H]1CCCCC1c1ccccc1. The van der Waals surface area contributed by atoms with Gasteiger partial charge in [-0.05, 0) is 36.3 Å². The van der Waals surface area contributed by atoms with Crippen molar-refractivity contribution in [3.05, 3.63) is 71.8 Å². The second-order valence-corrected chi connectivity index (χ2v) is 8.46. The molecule has 1 unspecified atom stereocenters. The number of hydrogen-bond donors (Lipinski definition) is 1. The molecule has 4 heteroatoms. The van der Waals surface area contributed by atoms with E-state index in [1.807, 2.05) is 55.5 Å². The van der Waals surface area contributed by atoms with E-state index in [1.165, 1.54) is 5.56 Å². The Kier molecular flexibility index (Phi) is 5.70. The van der Waals surface area contributed by atoms with E-state index in [0.717, 1.165) is 31.2 Å². The molecule has 4 rings (SSSR count). The Morgan fingerprint density at radius 2 is 1.45 bits per heavy atom. The van der Waals surface area contributed by atoms with Crippen LogP contribution in [0.3, 0.4) is 0 Å². The maximum atomic E-state index is 13.2. The van der Waals surface area contributed by atoms with Crippen molar-refractivity contribution in [3.63, 3.8) is 0 Å². The molecule has 2 aliphatic rings. The summed E-state index contributed by atoms with van der Waals surface area (Å²) in [7, 11) is 0. The molecular weight excluding hydrogens is 364 g/mol. The van der Waals surface area contributed by atoms with Crippen molar-refractivity contribution in [2.75, 3.05) is 0 Å². The van der Waals surface area contributed by atoms with Gasteiger partial charge in [-0.1, -0.05) is 74.0 Å². The van der Waals surface area contributed by atoms with Gasteiger partial charge in [-0.2, -0.15) is 0 Å². The monoisotopic (exact) mass is 392 g/mol.